The molecule has 0 aliphatic rings. The molecule has 0 aliphatic carbocycles. The van der Waals surface area contributed by atoms with E-state index < -0.39 is 0 Å². The van der Waals surface area contributed by atoms with E-state index in [-0.39, 0.29) is 23.4 Å². The molecule has 0 spiro atoms. The second-order valence-corrected chi connectivity index (χ2v) is 4.49. The summed E-state index contributed by atoms with van der Waals surface area (Å²) in [4.78, 5) is 16.0. The van der Waals surface area contributed by atoms with Crippen LogP contribution in [0.5, 0.6) is 0 Å². The van der Waals surface area contributed by atoms with E-state index in [1.807, 2.05) is 19.1 Å². The van der Waals surface area contributed by atoms with E-state index in [0.717, 1.165) is 11.1 Å². The molecule has 0 atom stereocenters. The maximum atomic E-state index is 12.0. The molecule has 5 heteroatoms. The van der Waals surface area contributed by atoms with Gasteiger partial charge in [0.1, 0.15) is 10.8 Å². The topological polar surface area (TPSA) is 62.2 Å². The number of hydrogen-bond donors (Lipinski definition) is 2. The number of amides is 1. The summed E-state index contributed by atoms with van der Waals surface area (Å²) in [5.74, 6) is -0.333. The van der Waals surface area contributed by atoms with Gasteiger partial charge in [-0.25, -0.2) is 4.98 Å². The van der Waals surface area contributed by atoms with Gasteiger partial charge in [0.15, 0.2) is 0 Å². The van der Waals surface area contributed by atoms with Crippen molar-refractivity contribution in [3.05, 3.63) is 58.4 Å². The monoisotopic (exact) mass is 276 g/mol. The highest BCUT2D eigenvalue weighted by atomic mass is 35.5. The summed E-state index contributed by atoms with van der Waals surface area (Å²) in [6.45, 7) is 1.81. The Morgan fingerprint density at radius 3 is 2.84 bits per heavy atom. The van der Waals surface area contributed by atoms with Gasteiger partial charge in [0.25, 0.3) is 5.91 Å². The molecule has 2 aromatic rings. The third kappa shape index (κ3) is 3.30. The second kappa shape index (κ2) is 5.82. The van der Waals surface area contributed by atoms with E-state index in [4.69, 9.17) is 16.7 Å². The van der Waals surface area contributed by atoms with Crippen molar-refractivity contribution < 1.29 is 9.90 Å². The summed E-state index contributed by atoms with van der Waals surface area (Å²) in [6, 6.07) is 10.2. The van der Waals surface area contributed by atoms with Gasteiger partial charge in [-0.1, -0.05) is 29.8 Å². The fourth-order valence-electron chi connectivity index (χ4n) is 1.62. The summed E-state index contributed by atoms with van der Waals surface area (Å²) >= 11 is 5.75. The number of nitrogens with one attached hydrogen (secondary N) is 1. The van der Waals surface area contributed by atoms with E-state index in [2.05, 4.69) is 10.3 Å². The number of aliphatic hydroxyl groups excluding tert-OH is 1. The third-order valence-electron chi connectivity index (χ3n) is 2.68. The van der Waals surface area contributed by atoms with Crippen molar-refractivity contribution in [3.8, 4) is 0 Å². The molecule has 1 aromatic heterocycles. The van der Waals surface area contributed by atoms with Crippen molar-refractivity contribution in [2.24, 2.45) is 0 Å². The average Bonchev–Trinajstić information content (AvgIpc) is 2.41. The molecule has 2 N–H and O–H groups in total. The number of benzene rings is 1. The van der Waals surface area contributed by atoms with Crippen molar-refractivity contribution in [1.29, 1.82) is 0 Å². The number of halogens is 1. The Hall–Kier alpha value is -1.91. The van der Waals surface area contributed by atoms with Crippen molar-refractivity contribution >= 4 is 23.2 Å². The van der Waals surface area contributed by atoms with Gasteiger partial charge < -0.3 is 10.4 Å². The Morgan fingerprint density at radius 2 is 2.16 bits per heavy atom. The summed E-state index contributed by atoms with van der Waals surface area (Å²) in [5.41, 5.74) is 2.55. The van der Waals surface area contributed by atoms with Gasteiger partial charge in [0, 0.05) is 5.69 Å². The number of aliphatic hydroxyl groups is 1. The maximum absolute atomic E-state index is 12.0. The van der Waals surface area contributed by atoms with Gasteiger partial charge in [0.05, 0.1) is 6.61 Å². The lowest BCUT2D eigenvalue weighted by molar-refractivity contribution is 0.102. The minimum atomic E-state index is -0.333. The van der Waals surface area contributed by atoms with Crippen LogP contribution in [0.3, 0.4) is 0 Å². The zero-order valence-electron chi connectivity index (χ0n) is 10.4. The van der Waals surface area contributed by atoms with Crippen LogP contribution in [0.2, 0.25) is 5.15 Å². The molecule has 98 valence electrons. The van der Waals surface area contributed by atoms with Crippen LogP contribution in [0.1, 0.15) is 21.6 Å². The highest BCUT2D eigenvalue weighted by molar-refractivity contribution is 6.29. The smallest absolute Gasteiger partial charge is 0.274 e. The van der Waals surface area contributed by atoms with E-state index in [0.29, 0.717) is 5.69 Å². The number of pyridine rings is 1. The standard InChI is InChI=1S/C14H13ClN2O2/c1-9-5-6-10(8-18)7-12(9)17-14(19)11-3-2-4-13(15)16-11/h2-7,18H,8H2,1H3,(H,17,19). The van der Waals surface area contributed by atoms with Crippen LogP contribution >= 0.6 is 11.6 Å². The molecule has 1 aromatic carbocycles. The Labute approximate surface area is 116 Å². The number of carbonyl (C=O) groups excluding carboxylic acids is 1. The van der Waals surface area contributed by atoms with Crippen molar-refractivity contribution in [3.63, 3.8) is 0 Å². The lowest BCUT2D eigenvalue weighted by atomic mass is 10.1. The van der Waals surface area contributed by atoms with Crippen LogP contribution in [0.15, 0.2) is 36.4 Å². The first-order valence-corrected chi connectivity index (χ1v) is 6.12. The molecular formula is C14H13ClN2O2. The first kappa shape index (κ1) is 13.5. The molecule has 19 heavy (non-hydrogen) atoms. The minimum Gasteiger partial charge on any atom is -0.392 e. The van der Waals surface area contributed by atoms with E-state index in [9.17, 15) is 4.79 Å². The number of anilines is 1. The fourth-order valence-corrected chi connectivity index (χ4v) is 1.79. The van der Waals surface area contributed by atoms with Gasteiger partial charge in [-0.3, -0.25) is 4.79 Å². The molecule has 2 rings (SSSR count). The third-order valence-corrected chi connectivity index (χ3v) is 2.89. The zero-order valence-corrected chi connectivity index (χ0v) is 11.1. The fraction of sp³-hybridized carbons (Fsp3) is 0.143. The van der Waals surface area contributed by atoms with Gasteiger partial charge in [-0.2, -0.15) is 0 Å². The number of nitrogens with zero attached hydrogens (tertiary/aromatic N) is 1. The number of rotatable bonds is 3. The van der Waals surface area contributed by atoms with Crippen LogP contribution in [-0.2, 0) is 6.61 Å². The maximum Gasteiger partial charge on any atom is 0.274 e. The van der Waals surface area contributed by atoms with Gasteiger partial charge in [0.2, 0.25) is 0 Å². The van der Waals surface area contributed by atoms with E-state index in [1.54, 1.807) is 24.3 Å². The first-order chi connectivity index (χ1) is 9.10. The highest BCUT2D eigenvalue weighted by Crippen LogP contribution is 2.18. The van der Waals surface area contributed by atoms with Gasteiger partial charge in [-0.05, 0) is 36.2 Å². The lowest BCUT2D eigenvalue weighted by Crippen LogP contribution is -2.14. The number of hydrogen-bond acceptors (Lipinski definition) is 3. The van der Waals surface area contributed by atoms with Crippen molar-refractivity contribution in [1.82, 2.24) is 4.98 Å². The molecule has 0 unspecified atom stereocenters. The number of aryl methyl sites for hydroxylation is 1. The molecular weight excluding hydrogens is 264 g/mol. The lowest BCUT2D eigenvalue weighted by Gasteiger charge is -2.09. The van der Waals surface area contributed by atoms with Gasteiger partial charge >= 0.3 is 0 Å². The van der Waals surface area contributed by atoms with E-state index >= 15 is 0 Å². The molecule has 0 radical (unpaired) electrons. The van der Waals surface area contributed by atoms with Crippen molar-refractivity contribution in [2.75, 3.05) is 5.32 Å². The Morgan fingerprint density at radius 1 is 1.37 bits per heavy atom. The van der Waals surface area contributed by atoms with Gasteiger partial charge in [-0.15, -0.1) is 0 Å². The van der Waals surface area contributed by atoms with Crippen LogP contribution in [0.4, 0.5) is 5.69 Å². The average molecular weight is 277 g/mol. The van der Waals surface area contributed by atoms with E-state index in [1.165, 1.54) is 0 Å². The predicted octanol–water partition coefficient (Wildman–Crippen LogP) is 2.79. The van der Waals surface area contributed by atoms with Crippen LogP contribution < -0.4 is 5.32 Å². The predicted molar refractivity (Wildman–Crippen MR) is 74.3 cm³/mol. The number of aromatic nitrogens is 1. The molecule has 0 bridgehead atoms. The largest absolute Gasteiger partial charge is 0.392 e. The van der Waals surface area contributed by atoms with Crippen LogP contribution in [-0.4, -0.2) is 16.0 Å². The molecule has 0 saturated heterocycles. The molecule has 4 nitrogen and oxygen atoms in total. The molecule has 0 saturated carbocycles. The Kier molecular flexibility index (Phi) is 4.14. The summed E-state index contributed by atoms with van der Waals surface area (Å²) in [5, 5.41) is 12.1. The summed E-state index contributed by atoms with van der Waals surface area (Å²) in [6.07, 6.45) is 0. The van der Waals surface area contributed by atoms with Crippen LogP contribution in [0, 0.1) is 6.92 Å². The molecule has 0 aliphatic heterocycles. The Bertz CT molecular complexity index is 614. The zero-order chi connectivity index (χ0) is 13.8. The Balaban J connectivity index is 2.23. The van der Waals surface area contributed by atoms with Crippen LogP contribution in [0.25, 0.3) is 0 Å². The molecule has 1 amide bonds. The first-order valence-electron chi connectivity index (χ1n) is 5.74. The van der Waals surface area contributed by atoms with Crippen molar-refractivity contribution in [2.45, 2.75) is 13.5 Å². The second-order valence-electron chi connectivity index (χ2n) is 4.11. The molecule has 1 heterocycles. The molecule has 0 fully saturated rings. The summed E-state index contributed by atoms with van der Waals surface area (Å²) < 4.78 is 0. The quantitative estimate of drug-likeness (QED) is 0.848. The number of carbonyl (C=O) groups is 1. The summed E-state index contributed by atoms with van der Waals surface area (Å²) in [7, 11) is 0. The highest BCUT2D eigenvalue weighted by Gasteiger charge is 2.10. The minimum absolute atomic E-state index is 0.0709. The SMILES string of the molecule is Cc1ccc(CO)cc1NC(=O)c1cccc(Cl)n1. The normalized spacial score (nSPS) is 10.3.